The van der Waals surface area contributed by atoms with Crippen LogP contribution < -0.4 is 4.74 Å². The maximum Gasteiger partial charge on any atom is 0.400 e. The van der Waals surface area contributed by atoms with Crippen LogP contribution in [0, 0.1) is 41.1 Å². The van der Waals surface area contributed by atoms with E-state index < -0.39 is 41.1 Å². The second-order valence-corrected chi connectivity index (χ2v) is 12.9. The Balaban J connectivity index is 1.12. The van der Waals surface area contributed by atoms with Crippen LogP contribution in [-0.2, 0) is 0 Å². The summed E-state index contributed by atoms with van der Waals surface area (Å²) in [5.74, 6) is -2.66. The molecule has 0 heterocycles. The third-order valence-corrected chi connectivity index (χ3v) is 10.2. The maximum atomic E-state index is 15.2. The first-order chi connectivity index (χ1) is 20.0. The summed E-state index contributed by atoms with van der Waals surface area (Å²) >= 11 is 0. The van der Waals surface area contributed by atoms with Gasteiger partial charge < -0.3 is 4.74 Å². The molecule has 3 aliphatic rings. The third-order valence-electron chi connectivity index (χ3n) is 10.2. The predicted molar refractivity (Wildman–Crippen MR) is 149 cm³/mol. The van der Waals surface area contributed by atoms with Gasteiger partial charge in [0.05, 0.1) is 11.5 Å². The Bertz CT molecular complexity index is 1220. The van der Waals surface area contributed by atoms with Crippen LogP contribution in [0.15, 0.2) is 36.4 Å². The van der Waals surface area contributed by atoms with Crippen LogP contribution in [0.1, 0.15) is 112 Å². The summed E-state index contributed by atoms with van der Waals surface area (Å²) in [6, 6.07) is 6.87. The van der Waals surface area contributed by atoms with Crippen LogP contribution in [0.2, 0.25) is 0 Å². The molecule has 1 nitrogen and oxygen atoms in total. The molecule has 0 spiro atoms. The highest BCUT2D eigenvalue weighted by Crippen LogP contribution is 2.47. The number of hydrogen-bond acceptors (Lipinski definition) is 1. The molecule has 0 N–H and O–H groups in total. The summed E-state index contributed by atoms with van der Waals surface area (Å²) < 4.78 is 103. The highest BCUT2D eigenvalue weighted by molar-refractivity contribution is 5.53. The molecule has 3 saturated carbocycles. The van der Waals surface area contributed by atoms with E-state index in [1.54, 1.807) is 6.07 Å². The molecule has 5 rings (SSSR count). The van der Waals surface area contributed by atoms with Gasteiger partial charge in [0.15, 0.2) is 0 Å². The molecular weight excluding hydrogens is 557 g/mol. The van der Waals surface area contributed by atoms with Crippen LogP contribution in [-0.4, -0.2) is 6.11 Å². The number of hydrogen-bond donors (Lipinski definition) is 0. The molecule has 0 saturated heterocycles. The lowest BCUT2D eigenvalue weighted by Gasteiger charge is -2.39. The van der Waals surface area contributed by atoms with Crippen molar-refractivity contribution in [2.45, 2.75) is 102 Å². The van der Waals surface area contributed by atoms with Crippen molar-refractivity contribution in [2.75, 3.05) is 0 Å². The molecule has 42 heavy (non-hydrogen) atoms. The second kappa shape index (κ2) is 13.0. The van der Waals surface area contributed by atoms with E-state index in [9.17, 15) is 26.3 Å². The summed E-state index contributed by atoms with van der Waals surface area (Å²) in [7, 11) is 0. The van der Waals surface area contributed by atoms with Gasteiger partial charge in [-0.1, -0.05) is 31.9 Å². The monoisotopic (exact) mass is 596 g/mol. The van der Waals surface area contributed by atoms with Crippen molar-refractivity contribution in [3.63, 3.8) is 0 Å². The van der Waals surface area contributed by atoms with E-state index in [-0.39, 0.29) is 30.7 Å². The second-order valence-electron chi connectivity index (χ2n) is 12.9. The van der Waals surface area contributed by atoms with Crippen LogP contribution >= 0.6 is 0 Å². The average Bonchev–Trinajstić information content (AvgIpc) is 2.95. The van der Waals surface area contributed by atoms with Gasteiger partial charge in [-0.15, -0.1) is 0 Å². The molecule has 2 aromatic carbocycles. The molecule has 0 aliphatic heterocycles. The van der Waals surface area contributed by atoms with Gasteiger partial charge in [0.25, 0.3) is 6.08 Å². The minimum absolute atomic E-state index is 0.00588. The fourth-order valence-electron chi connectivity index (χ4n) is 7.66. The first-order valence-corrected chi connectivity index (χ1v) is 15.4. The first kappa shape index (κ1) is 30.9. The van der Waals surface area contributed by atoms with Gasteiger partial charge in [-0.05, 0) is 111 Å². The number of ether oxygens (including phenoxy) is 1. The number of alkyl halides is 2. The van der Waals surface area contributed by atoms with Crippen molar-refractivity contribution >= 4 is 6.08 Å². The van der Waals surface area contributed by atoms with Crippen molar-refractivity contribution in [3.05, 3.63) is 70.6 Å². The van der Waals surface area contributed by atoms with Gasteiger partial charge in [-0.2, -0.15) is 17.6 Å². The highest BCUT2D eigenvalue weighted by Gasteiger charge is 2.45. The molecular formula is C34H39F7O. The van der Waals surface area contributed by atoms with Gasteiger partial charge in [-0.3, -0.25) is 0 Å². The Hall–Kier alpha value is -2.51. The lowest BCUT2D eigenvalue weighted by atomic mass is 9.68. The Morgan fingerprint density at radius 1 is 0.714 bits per heavy atom. The lowest BCUT2D eigenvalue weighted by Crippen LogP contribution is -2.38. The molecule has 0 amide bonds. The summed E-state index contributed by atoms with van der Waals surface area (Å²) in [4.78, 5) is 0. The van der Waals surface area contributed by atoms with Crippen molar-refractivity contribution in [1.82, 2.24) is 0 Å². The standard InChI is InChI=1S/C34H39F7O/c1-20-2-4-23(5-3-20)25-12-15-28(30(35)16-25)24-8-6-21(7-9-24)22-10-13-26(14-11-22)34(40,41)42-27-17-31(36)29(19-33(38)39)32(37)18-27/h12,15-24,26H,2-11,13-14H2,1H3. The Morgan fingerprint density at radius 3 is 1.81 bits per heavy atom. The Labute approximate surface area is 243 Å². The highest BCUT2D eigenvalue weighted by atomic mass is 19.3. The molecule has 0 atom stereocenters. The first-order valence-electron chi connectivity index (χ1n) is 15.4. The summed E-state index contributed by atoms with van der Waals surface area (Å²) in [5, 5.41) is 0. The largest absolute Gasteiger partial charge is 0.432 e. The molecule has 0 radical (unpaired) electrons. The lowest BCUT2D eigenvalue weighted by molar-refractivity contribution is -0.224. The topological polar surface area (TPSA) is 9.23 Å². The van der Waals surface area contributed by atoms with Crippen molar-refractivity contribution in [3.8, 4) is 5.75 Å². The number of benzene rings is 2. The van der Waals surface area contributed by atoms with Gasteiger partial charge in [0, 0.05) is 18.2 Å². The maximum absolute atomic E-state index is 15.2. The molecule has 230 valence electrons. The van der Waals surface area contributed by atoms with E-state index in [0.29, 0.717) is 42.7 Å². The Morgan fingerprint density at radius 2 is 1.26 bits per heavy atom. The van der Waals surface area contributed by atoms with Gasteiger partial charge in [-0.25, -0.2) is 13.2 Å². The van der Waals surface area contributed by atoms with Crippen LogP contribution in [0.5, 0.6) is 5.75 Å². The van der Waals surface area contributed by atoms with Gasteiger partial charge in [0.2, 0.25) is 0 Å². The van der Waals surface area contributed by atoms with Gasteiger partial charge >= 0.3 is 6.11 Å². The number of rotatable bonds is 7. The van der Waals surface area contributed by atoms with E-state index in [1.807, 2.05) is 6.07 Å². The summed E-state index contributed by atoms with van der Waals surface area (Å²) in [6.07, 6.45) is 3.97. The quantitative estimate of drug-likeness (QED) is 0.289. The fourth-order valence-corrected chi connectivity index (χ4v) is 7.66. The van der Waals surface area contributed by atoms with Gasteiger partial charge in [0.1, 0.15) is 23.2 Å². The number of halogens is 7. The fraction of sp³-hybridized carbons (Fsp3) is 0.588. The minimum Gasteiger partial charge on any atom is -0.432 e. The minimum atomic E-state index is -3.65. The van der Waals surface area contributed by atoms with Crippen LogP contribution in [0.4, 0.5) is 30.7 Å². The molecule has 8 heteroatoms. The average molecular weight is 597 g/mol. The third kappa shape index (κ3) is 7.16. The molecule has 2 aromatic rings. The zero-order chi connectivity index (χ0) is 30.0. The molecule has 0 bridgehead atoms. The van der Waals surface area contributed by atoms with Crippen LogP contribution in [0.3, 0.4) is 0 Å². The smallest absolute Gasteiger partial charge is 0.400 e. The van der Waals surface area contributed by atoms with E-state index in [1.165, 1.54) is 12.8 Å². The zero-order valence-electron chi connectivity index (χ0n) is 24.0. The zero-order valence-corrected chi connectivity index (χ0v) is 24.0. The van der Waals surface area contributed by atoms with E-state index in [0.717, 1.165) is 55.6 Å². The normalized spacial score (nSPS) is 28.8. The predicted octanol–water partition coefficient (Wildman–Crippen LogP) is 11.4. The van der Waals surface area contributed by atoms with Crippen LogP contribution in [0.25, 0.3) is 6.08 Å². The van der Waals surface area contributed by atoms with E-state index in [4.69, 9.17) is 4.74 Å². The van der Waals surface area contributed by atoms with E-state index in [2.05, 4.69) is 13.0 Å². The molecule has 0 aromatic heterocycles. The van der Waals surface area contributed by atoms with Crippen molar-refractivity contribution in [2.24, 2.45) is 23.7 Å². The van der Waals surface area contributed by atoms with E-state index >= 15 is 4.39 Å². The summed E-state index contributed by atoms with van der Waals surface area (Å²) in [6.45, 7) is 2.28. The van der Waals surface area contributed by atoms with Crippen molar-refractivity contribution < 1.29 is 35.5 Å². The molecule has 0 unspecified atom stereocenters. The SMILES string of the molecule is CC1CCC(c2ccc(C3CCC(C4CCC(C(F)(F)Oc5cc(F)c(C=C(F)F)c(F)c5)CC4)CC3)c(F)c2)CC1. The Kier molecular flexibility index (Phi) is 9.58. The summed E-state index contributed by atoms with van der Waals surface area (Å²) in [5.41, 5.74) is 0.912. The van der Waals surface area contributed by atoms with Crippen molar-refractivity contribution in [1.29, 1.82) is 0 Å². The molecule has 3 aliphatic carbocycles. The molecule has 3 fully saturated rings.